The van der Waals surface area contributed by atoms with Crippen molar-refractivity contribution >= 4 is 5.97 Å². The van der Waals surface area contributed by atoms with E-state index < -0.39 is 0 Å². The lowest BCUT2D eigenvalue weighted by atomic mass is 10.3. The molecule has 3 heteroatoms. The van der Waals surface area contributed by atoms with E-state index in [2.05, 4.69) is 0 Å². The van der Waals surface area contributed by atoms with Crippen LogP contribution in [0.4, 0.5) is 0 Å². The van der Waals surface area contributed by atoms with Gasteiger partial charge in [0.15, 0.2) is 0 Å². The van der Waals surface area contributed by atoms with Crippen molar-refractivity contribution in [3.05, 3.63) is 12.2 Å². The zero-order valence-corrected chi connectivity index (χ0v) is 4.91. The van der Waals surface area contributed by atoms with E-state index in [1.165, 1.54) is 6.08 Å². The first-order chi connectivity index (χ1) is 4.33. The van der Waals surface area contributed by atoms with E-state index in [1.807, 2.05) is 0 Å². The molecule has 0 saturated heterocycles. The van der Waals surface area contributed by atoms with Gasteiger partial charge in [-0.05, 0) is 6.08 Å². The Morgan fingerprint density at radius 1 is 1.78 bits per heavy atom. The van der Waals surface area contributed by atoms with Crippen LogP contribution in [0.3, 0.4) is 0 Å². The van der Waals surface area contributed by atoms with Crippen LogP contribution in [-0.4, -0.2) is 23.8 Å². The van der Waals surface area contributed by atoms with E-state index in [1.54, 1.807) is 6.08 Å². The van der Waals surface area contributed by atoms with Crippen LogP contribution in [0, 0.1) is 0 Å². The molecule has 0 bridgehead atoms. The monoisotopic (exact) mass is 128 g/mol. The van der Waals surface area contributed by atoms with E-state index in [-0.39, 0.29) is 18.7 Å². The molecule has 50 valence electrons. The largest absolute Gasteiger partial charge is 0.455 e. The molecule has 0 aliphatic carbocycles. The number of carbonyl (C=O) groups excluding carboxylic acids is 1. The number of cyclic esters (lactones) is 1. The minimum absolute atomic E-state index is 0.0578. The molecule has 1 heterocycles. The van der Waals surface area contributed by atoms with Crippen molar-refractivity contribution < 1.29 is 14.6 Å². The fraction of sp³-hybridized carbons (Fsp3) is 0.500. The summed E-state index contributed by atoms with van der Waals surface area (Å²) in [5.74, 6) is -0.312. The highest BCUT2D eigenvalue weighted by molar-refractivity contribution is 5.84. The molecule has 3 nitrogen and oxygen atoms in total. The summed E-state index contributed by atoms with van der Waals surface area (Å²) < 4.78 is 4.69. The number of rotatable bonds is 2. The first kappa shape index (κ1) is 6.29. The fourth-order valence-electron chi connectivity index (χ4n) is 0.696. The molecule has 0 spiro atoms. The molecule has 0 saturated carbocycles. The molecule has 1 aliphatic rings. The molecule has 1 aliphatic heterocycles. The minimum Gasteiger partial charge on any atom is -0.455 e. The third kappa shape index (κ3) is 1.54. The molecule has 1 atom stereocenters. The average molecular weight is 128 g/mol. The molecule has 9 heavy (non-hydrogen) atoms. The van der Waals surface area contributed by atoms with Crippen molar-refractivity contribution in [3.8, 4) is 0 Å². The Labute approximate surface area is 52.9 Å². The SMILES string of the molecule is O=C1C=CC(CCO)O1. The smallest absolute Gasteiger partial charge is 0.331 e. The van der Waals surface area contributed by atoms with E-state index in [0.29, 0.717) is 6.42 Å². The van der Waals surface area contributed by atoms with Gasteiger partial charge in [0.1, 0.15) is 6.10 Å². The van der Waals surface area contributed by atoms with Gasteiger partial charge in [-0.15, -0.1) is 0 Å². The Hall–Kier alpha value is -0.830. The van der Waals surface area contributed by atoms with E-state index in [9.17, 15) is 4.79 Å². The molecular weight excluding hydrogens is 120 g/mol. The Balaban J connectivity index is 2.32. The molecule has 1 N–H and O–H groups in total. The van der Waals surface area contributed by atoms with Crippen LogP contribution in [-0.2, 0) is 9.53 Å². The van der Waals surface area contributed by atoms with Crippen molar-refractivity contribution in [2.24, 2.45) is 0 Å². The lowest BCUT2D eigenvalue weighted by Crippen LogP contribution is -2.08. The van der Waals surface area contributed by atoms with E-state index >= 15 is 0 Å². The lowest BCUT2D eigenvalue weighted by Gasteiger charge is -2.03. The molecule has 0 fully saturated rings. The highest BCUT2D eigenvalue weighted by Gasteiger charge is 2.14. The first-order valence-corrected chi connectivity index (χ1v) is 2.82. The Morgan fingerprint density at radius 3 is 3.00 bits per heavy atom. The Bertz CT molecular complexity index is 139. The summed E-state index contributed by atoms with van der Waals surface area (Å²) >= 11 is 0. The molecule has 0 aromatic carbocycles. The molecule has 1 unspecified atom stereocenters. The third-order valence-corrected chi connectivity index (χ3v) is 1.13. The number of ether oxygens (including phenoxy) is 1. The van der Waals surface area contributed by atoms with E-state index in [0.717, 1.165) is 0 Å². The highest BCUT2D eigenvalue weighted by Crippen LogP contribution is 2.07. The molecule has 0 aromatic heterocycles. The number of hydrogen-bond donors (Lipinski definition) is 1. The van der Waals surface area contributed by atoms with Gasteiger partial charge < -0.3 is 9.84 Å². The van der Waals surface area contributed by atoms with Gasteiger partial charge in [-0.1, -0.05) is 0 Å². The molecule has 0 aromatic rings. The van der Waals surface area contributed by atoms with Gasteiger partial charge in [-0.3, -0.25) is 0 Å². The first-order valence-electron chi connectivity index (χ1n) is 2.82. The fourth-order valence-corrected chi connectivity index (χ4v) is 0.696. The molecule has 1 rings (SSSR count). The van der Waals surface area contributed by atoms with Crippen LogP contribution in [0.5, 0.6) is 0 Å². The van der Waals surface area contributed by atoms with Gasteiger partial charge in [0.25, 0.3) is 0 Å². The average Bonchev–Trinajstić information content (AvgIpc) is 2.17. The number of esters is 1. The predicted molar refractivity (Wildman–Crippen MR) is 30.7 cm³/mol. The van der Waals surface area contributed by atoms with Crippen LogP contribution < -0.4 is 0 Å². The van der Waals surface area contributed by atoms with Crippen molar-refractivity contribution in [1.82, 2.24) is 0 Å². The lowest BCUT2D eigenvalue weighted by molar-refractivity contribution is -0.139. The zero-order valence-electron chi connectivity index (χ0n) is 4.91. The number of aliphatic hydroxyl groups is 1. The van der Waals surface area contributed by atoms with Gasteiger partial charge in [-0.2, -0.15) is 0 Å². The van der Waals surface area contributed by atoms with Crippen LogP contribution in [0.15, 0.2) is 12.2 Å². The topological polar surface area (TPSA) is 46.5 Å². The van der Waals surface area contributed by atoms with Crippen LogP contribution in [0.1, 0.15) is 6.42 Å². The van der Waals surface area contributed by atoms with Crippen molar-refractivity contribution in [2.75, 3.05) is 6.61 Å². The van der Waals surface area contributed by atoms with Gasteiger partial charge >= 0.3 is 5.97 Å². The summed E-state index contributed by atoms with van der Waals surface area (Å²) in [6, 6.07) is 0. The van der Waals surface area contributed by atoms with Crippen LogP contribution in [0.2, 0.25) is 0 Å². The van der Waals surface area contributed by atoms with Gasteiger partial charge in [0.05, 0.1) is 0 Å². The number of hydrogen-bond acceptors (Lipinski definition) is 3. The van der Waals surface area contributed by atoms with Crippen molar-refractivity contribution in [3.63, 3.8) is 0 Å². The van der Waals surface area contributed by atoms with Crippen LogP contribution >= 0.6 is 0 Å². The van der Waals surface area contributed by atoms with Gasteiger partial charge in [0.2, 0.25) is 0 Å². The Kier molecular flexibility index (Phi) is 1.85. The summed E-state index contributed by atoms with van der Waals surface area (Å²) in [5.41, 5.74) is 0. The standard InChI is InChI=1S/C6H8O3/c7-4-3-5-1-2-6(8)9-5/h1-2,5,7H,3-4H2. The van der Waals surface area contributed by atoms with Gasteiger partial charge in [-0.25, -0.2) is 4.79 Å². The summed E-state index contributed by atoms with van der Waals surface area (Å²) in [4.78, 5) is 10.3. The molecule has 0 amide bonds. The molecular formula is C6H8O3. The summed E-state index contributed by atoms with van der Waals surface area (Å²) in [5, 5.41) is 8.39. The second-order valence-corrected chi connectivity index (χ2v) is 1.85. The highest BCUT2D eigenvalue weighted by atomic mass is 16.5. The van der Waals surface area contributed by atoms with Crippen molar-refractivity contribution in [2.45, 2.75) is 12.5 Å². The normalized spacial score (nSPS) is 24.6. The van der Waals surface area contributed by atoms with Crippen LogP contribution in [0.25, 0.3) is 0 Å². The maximum absolute atomic E-state index is 10.3. The van der Waals surface area contributed by atoms with E-state index in [4.69, 9.17) is 9.84 Å². The number of carbonyl (C=O) groups is 1. The van der Waals surface area contributed by atoms with Crippen molar-refractivity contribution in [1.29, 1.82) is 0 Å². The number of aliphatic hydroxyl groups excluding tert-OH is 1. The van der Waals surface area contributed by atoms with Gasteiger partial charge in [0, 0.05) is 19.1 Å². The third-order valence-electron chi connectivity index (χ3n) is 1.13. The second-order valence-electron chi connectivity index (χ2n) is 1.85. The minimum atomic E-state index is -0.312. The summed E-state index contributed by atoms with van der Waals surface area (Å²) in [6.45, 7) is 0.0578. The maximum Gasteiger partial charge on any atom is 0.331 e. The second kappa shape index (κ2) is 2.64. The predicted octanol–water partition coefficient (Wildman–Crippen LogP) is -0.150. The maximum atomic E-state index is 10.3. The summed E-state index contributed by atoms with van der Waals surface area (Å²) in [7, 11) is 0. The summed E-state index contributed by atoms with van der Waals surface area (Å²) in [6.07, 6.45) is 3.34. The Morgan fingerprint density at radius 2 is 2.56 bits per heavy atom. The molecule has 0 radical (unpaired) electrons. The quantitative estimate of drug-likeness (QED) is 0.526. The zero-order chi connectivity index (χ0) is 6.69.